The van der Waals surface area contributed by atoms with Crippen LogP contribution in [0.1, 0.15) is 126 Å². The van der Waals surface area contributed by atoms with Gasteiger partial charge in [0, 0.05) is 0 Å². The Labute approximate surface area is 234 Å². The van der Waals surface area contributed by atoms with E-state index in [0.29, 0.717) is 11.5 Å². The zero-order valence-electron chi connectivity index (χ0n) is 24.1. The maximum Gasteiger partial charge on any atom is 0.340 e. The third-order valence-corrected chi connectivity index (χ3v) is 7.88. The number of halogens is 1. The summed E-state index contributed by atoms with van der Waals surface area (Å²) in [6.07, 6.45) is 10.2. The van der Waals surface area contributed by atoms with E-state index < -0.39 is 12.1 Å². The molecule has 0 saturated heterocycles. The van der Waals surface area contributed by atoms with Crippen LogP contribution in [0.25, 0.3) is 11.1 Å². The van der Waals surface area contributed by atoms with Crippen molar-refractivity contribution < 1.29 is 23.5 Å². The lowest BCUT2D eigenvalue weighted by Crippen LogP contribution is -2.28. The van der Waals surface area contributed by atoms with E-state index in [1.54, 1.807) is 0 Å². The molecule has 1 aliphatic rings. The molecule has 2 aromatic rings. The molecule has 4 nitrogen and oxygen atoms in total. The van der Waals surface area contributed by atoms with E-state index in [4.69, 9.17) is 9.47 Å². The predicted octanol–water partition coefficient (Wildman–Crippen LogP) is 9.36. The van der Waals surface area contributed by atoms with Crippen molar-refractivity contribution in [1.29, 1.82) is 0 Å². The third kappa shape index (κ3) is 10.1. The molecule has 0 N–H and O–H groups in total. The van der Waals surface area contributed by atoms with Gasteiger partial charge in [-0.05, 0) is 93.0 Å². The second-order valence-electron chi connectivity index (χ2n) is 11.1. The second kappa shape index (κ2) is 16.4. The summed E-state index contributed by atoms with van der Waals surface area (Å²) < 4.78 is 25.2. The van der Waals surface area contributed by atoms with E-state index in [0.717, 1.165) is 68.9 Å². The molecule has 214 valence electrons. The van der Waals surface area contributed by atoms with Crippen molar-refractivity contribution in [2.75, 3.05) is 0 Å². The topological polar surface area (TPSA) is 52.6 Å². The Hall–Kier alpha value is -2.69. The van der Waals surface area contributed by atoms with Crippen LogP contribution in [0.5, 0.6) is 0 Å². The normalized spacial score (nSPS) is 18.8. The minimum atomic E-state index is -1.49. The average Bonchev–Trinajstić information content (AvgIpc) is 2.96. The van der Waals surface area contributed by atoms with Gasteiger partial charge in [-0.15, -0.1) is 0 Å². The summed E-state index contributed by atoms with van der Waals surface area (Å²) in [6, 6.07) is 16.2. The average molecular weight is 539 g/mol. The van der Waals surface area contributed by atoms with E-state index >= 15 is 0 Å². The van der Waals surface area contributed by atoms with Crippen LogP contribution in [0.4, 0.5) is 4.39 Å². The standard InChI is InChI=1S/C34H47FO4/c1-4-6-8-10-11-25(3)38-33(36)30-19-17-28(18-20-30)26-13-15-27(16-14-26)29-21-23-31(24-22-29)39-34(37)32(35)12-9-7-5-2/h13-20,25,29,31-32H,4-12,21-24H2,1-3H3/t25-,29-,31-,32+/m1/s1. The van der Waals surface area contributed by atoms with Crippen molar-refractivity contribution in [3.05, 3.63) is 59.7 Å². The first-order valence-electron chi connectivity index (χ1n) is 15.2. The fraction of sp³-hybridized carbons (Fsp3) is 0.588. The molecule has 3 rings (SSSR count). The number of alkyl halides is 1. The fourth-order valence-corrected chi connectivity index (χ4v) is 5.36. The lowest BCUT2D eigenvalue weighted by Gasteiger charge is -2.29. The van der Waals surface area contributed by atoms with Crippen LogP contribution in [-0.4, -0.2) is 30.3 Å². The summed E-state index contributed by atoms with van der Waals surface area (Å²) in [4.78, 5) is 24.6. The maximum atomic E-state index is 14.1. The van der Waals surface area contributed by atoms with Gasteiger partial charge in [0.05, 0.1) is 11.7 Å². The first-order chi connectivity index (χ1) is 18.9. The first kappa shape index (κ1) is 30.8. The molecule has 5 heteroatoms. The van der Waals surface area contributed by atoms with Crippen molar-refractivity contribution in [1.82, 2.24) is 0 Å². The van der Waals surface area contributed by atoms with Crippen LogP contribution in [0.15, 0.2) is 48.5 Å². The molecule has 0 radical (unpaired) electrons. The minimum Gasteiger partial charge on any atom is -0.460 e. The Bertz CT molecular complexity index is 993. The van der Waals surface area contributed by atoms with Crippen LogP contribution in [-0.2, 0) is 14.3 Å². The zero-order chi connectivity index (χ0) is 28.0. The lowest BCUT2D eigenvalue weighted by atomic mass is 9.82. The number of unbranched alkanes of at least 4 members (excludes halogenated alkanes) is 5. The van der Waals surface area contributed by atoms with Gasteiger partial charge in [-0.3, -0.25) is 0 Å². The van der Waals surface area contributed by atoms with Gasteiger partial charge in [0.25, 0.3) is 0 Å². The monoisotopic (exact) mass is 538 g/mol. The quantitative estimate of drug-likeness (QED) is 0.167. The molecule has 0 amide bonds. The molecule has 0 bridgehead atoms. The number of carbonyl (C=O) groups excluding carboxylic acids is 2. The molecule has 1 fully saturated rings. The van der Waals surface area contributed by atoms with Gasteiger partial charge >= 0.3 is 11.9 Å². The van der Waals surface area contributed by atoms with Gasteiger partial charge in [-0.1, -0.05) is 82.3 Å². The highest BCUT2D eigenvalue weighted by Crippen LogP contribution is 2.35. The van der Waals surface area contributed by atoms with E-state index in [-0.39, 0.29) is 24.6 Å². The lowest BCUT2D eigenvalue weighted by molar-refractivity contribution is -0.157. The third-order valence-electron chi connectivity index (χ3n) is 7.88. The minimum absolute atomic E-state index is 0.0696. The highest BCUT2D eigenvalue weighted by Gasteiger charge is 2.28. The molecule has 39 heavy (non-hydrogen) atoms. The molecular weight excluding hydrogens is 491 g/mol. The van der Waals surface area contributed by atoms with Gasteiger partial charge in [-0.2, -0.15) is 0 Å². The molecular formula is C34H47FO4. The number of rotatable bonds is 15. The van der Waals surface area contributed by atoms with Gasteiger partial charge in [0.1, 0.15) is 6.10 Å². The molecule has 0 aromatic heterocycles. The number of hydrogen-bond donors (Lipinski definition) is 0. The van der Waals surface area contributed by atoms with Crippen molar-refractivity contribution >= 4 is 11.9 Å². The van der Waals surface area contributed by atoms with Gasteiger partial charge in [0.2, 0.25) is 0 Å². The molecule has 0 heterocycles. The molecule has 1 saturated carbocycles. The Morgan fingerprint density at radius 3 is 1.97 bits per heavy atom. The van der Waals surface area contributed by atoms with Gasteiger partial charge < -0.3 is 9.47 Å². The molecule has 0 spiro atoms. The smallest absolute Gasteiger partial charge is 0.340 e. The summed E-state index contributed by atoms with van der Waals surface area (Å²) in [5.74, 6) is -0.532. The SMILES string of the molecule is CCCCCC[C@@H](C)OC(=O)c1ccc(-c2ccc([C@H]3CC[C@H](OC(=O)[C@@H](F)CCCCC)CC3)cc2)cc1. The van der Waals surface area contributed by atoms with Crippen molar-refractivity contribution in [2.45, 2.75) is 129 Å². The summed E-state index contributed by atoms with van der Waals surface area (Å²) in [7, 11) is 0. The summed E-state index contributed by atoms with van der Waals surface area (Å²) in [5.41, 5.74) is 4.01. The Balaban J connectivity index is 1.45. The molecule has 1 aliphatic carbocycles. The highest BCUT2D eigenvalue weighted by molar-refractivity contribution is 5.90. The van der Waals surface area contributed by atoms with Crippen molar-refractivity contribution in [2.24, 2.45) is 0 Å². The zero-order valence-corrected chi connectivity index (χ0v) is 24.1. The van der Waals surface area contributed by atoms with Gasteiger partial charge in [0.15, 0.2) is 6.17 Å². The number of hydrogen-bond acceptors (Lipinski definition) is 4. The molecule has 2 atom stereocenters. The number of esters is 2. The Kier molecular flexibility index (Phi) is 13.0. The largest absolute Gasteiger partial charge is 0.460 e. The summed E-state index contributed by atoms with van der Waals surface area (Å²) >= 11 is 0. The fourth-order valence-electron chi connectivity index (χ4n) is 5.36. The second-order valence-corrected chi connectivity index (χ2v) is 11.1. The summed E-state index contributed by atoms with van der Waals surface area (Å²) in [5, 5.41) is 0. The Morgan fingerprint density at radius 2 is 1.36 bits per heavy atom. The van der Waals surface area contributed by atoms with Crippen LogP contribution in [0.3, 0.4) is 0 Å². The first-order valence-corrected chi connectivity index (χ1v) is 15.2. The van der Waals surface area contributed by atoms with Crippen molar-refractivity contribution in [3.63, 3.8) is 0 Å². The highest BCUT2D eigenvalue weighted by atomic mass is 19.1. The van der Waals surface area contributed by atoms with Crippen molar-refractivity contribution in [3.8, 4) is 11.1 Å². The number of carbonyl (C=O) groups is 2. The van der Waals surface area contributed by atoms with E-state index in [1.165, 1.54) is 24.8 Å². The van der Waals surface area contributed by atoms with E-state index in [2.05, 4.69) is 38.1 Å². The number of benzene rings is 2. The number of ether oxygens (including phenoxy) is 2. The van der Waals surface area contributed by atoms with E-state index in [1.807, 2.05) is 31.2 Å². The predicted molar refractivity (Wildman–Crippen MR) is 156 cm³/mol. The van der Waals surface area contributed by atoms with E-state index in [9.17, 15) is 14.0 Å². The molecule has 2 aromatic carbocycles. The maximum absolute atomic E-state index is 14.1. The Morgan fingerprint density at radius 1 is 0.795 bits per heavy atom. The molecule has 0 aliphatic heterocycles. The van der Waals surface area contributed by atoms with Gasteiger partial charge in [-0.25, -0.2) is 14.0 Å². The van der Waals surface area contributed by atoms with Crippen LogP contribution < -0.4 is 0 Å². The van der Waals surface area contributed by atoms with Crippen LogP contribution >= 0.6 is 0 Å². The van der Waals surface area contributed by atoms with Crippen LogP contribution in [0, 0.1) is 0 Å². The molecule has 0 unspecified atom stereocenters. The summed E-state index contributed by atoms with van der Waals surface area (Å²) in [6.45, 7) is 6.22. The van der Waals surface area contributed by atoms with Crippen LogP contribution in [0.2, 0.25) is 0 Å².